The van der Waals surface area contributed by atoms with E-state index in [1.807, 2.05) is 19.4 Å². The molecule has 0 fully saturated rings. The fourth-order valence-corrected chi connectivity index (χ4v) is 5.26. The van der Waals surface area contributed by atoms with Crippen LogP contribution < -0.4 is 24.2 Å². The maximum absolute atomic E-state index is 13.6. The van der Waals surface area contributed by atoms with Gasteiger partial charge in [-0.3, -0.25) is 4.90 Å². The average Bonchev–Trinajstić information content (AvgIpc) is 2.87. The lowest BCUT2D eigenvalue weighted by Gasteiger charge is -2.33. The molecule has 0 aliphatic carbocycles. The molecule has 0 amide bonds. The second-order valence-electron chi connectivity index (χ2n) is 9.29. The number of likely N-dealkylation sites (N-methyl/N-ethyl adjacent to an activating group) is 1. The van der Waals surface area contributed by atoms with Gasteiger partial charge < -0.3 is 19.9 Å². The minimum atomic E-state index is -4.93. The Bertz CT molecular complexity index is 1480. The second-order valence-corrected chi connectivity index (χ2v) is 12.9. The molecule has 4 rings (SSSR count). The lowest BCUT2D eigenvalue weighted by atomic mass is 9.93. The van der Waals surface area contributed by atoms with Crippen molar-refractivity contribution in [3.05, 3.63) is 52.7 Å². The fraction of sp³-hybridized carbons (Fsp3) is 0.360. The number of aromatic nitrogens is 2. The highest BCUT2D eigenvalue weighted by atomic mass is 35.5. The Morgan fingerprint density at radius 1 is 1.18 bits per heavy atom. The van der Waals surface area contributed by atoms with Gasteiger partial charge in [-0.15, -0.1) is 0 Å². The van der Waals surface area contributed by atoms with Gasteiger partial charge in [-0.2, -0.15) is 23.3 Å². The summed E-state index contributed by atoms with van der Waals surface area (Å²) in [4.78, 5) is 11.2. The van der Waals surface area contributed by atoms with Crippen LogP contribution in [0.25, 0.3) is 0 Å². The summed E-state index contributed by atoms with van der Waals surface area (Å²) in [6.07, 6.45) is 2.40. The van der Waals surface area contributed by atoms with E-state index in [0.29, 0.717) is 27.3 Å². The molecule has 0 spiro atoms. The number of ether oxygens (including phenoxy) is 1. The predicted molar refractivity (Wildman–Crippen MR) is 167 cm³/mol. The van der Waals surface area contributed by atoms with Crippen LogP contribution in [0.3, 0.4) is 0 Å². The van der Waals surface area contributed by atoms with Crippen molar-refractivity contribution < 1.29 is 21.6 Å². The standard InChI is InChI=1S/C25H31ClFN6O4PS.H3P/c1-15-18-13-21(22(36-4)11-16(18)9-10-32(15)2)30-25-28-14-19(26)24(31-25)29-20-8-7-17(33(3)39(27,34)35)12-23(20)37-38(5)6;/h7-8,11-15H,9-10H2,1-6H3,(H2,28,29,30,31);1H3. The number of hydrogen-bond acceptors (Lipinski definition) is 9. The highest BCUT2D eigenvalue weighted by molar-refractivity contribution is 7.87. The molecule has 0 radical (unpaired) electrons. The minimum Gasteiger partial charge on any atom is -0.495 e. The Morgan fingerprint density at radius 2 is 1.90 bits per heavy atom. The van der Waals surface area contributed by atoms with Crippen molar-refractivity contribution in [3.8, 4) is 11.5 Å². The number of anilines is 5. The number of nitrogens with one attached hydrogen (secondary N) is 2. The number of benzene rings is 2. The van der Waals surface area contributed by atoms with Crippen LogP contribution in [0.4, 0.5) is 32.7 Å². The zero-order chi connectivity index (χ0) is 28.5. The van der Waals surface area contributed by atoms with Crippen LogP contribution in [-0.2, 0) is 16.8 Å². The highest BCUT2D eigenvalue weighted by Crippen LogP contribution is 2.41. The predicted octanol–water partition coefficient (Wildman–Crippen LogP) is 5.92. The van der Waals surface area contributed by atoms with E-state index in [0.717, 1.165) is 25.7 Å². The number of halogens is 2. The Hall–Kier alpha value is -2.49. The first-order valence-corrected chi connectivity index (χ1v) is 15.9. The van der Waals surface area contributed by atoms with Gasteiger partial charge in [0.15, 0.2) is 5.82 Å². The molecule has 40 heavy (non-hydrogen) atoms. The molecule has 2 aromatic carbocycles. The van der Waals surface area contributed by atoms with Gasteiger partial charge in [-0.25, -0.2) is 9.29 Å². The van der Waals surface area contributed by atoms with Gasteiger partial charge in [0.1, 0.15) is 16.5 Å². The number of fused-ring (bicyclic) bond motifs is 1. The van der Waals surface area contributed by atoms with Gasteiger partial charge in [-0.1, -0.05) is 15.5 Å². The van der Waals surface area contributed by atoms with Crippen LogP contribution in [-0.4, -0.2) is 64.4 Å². The van der Waals surface area contributed by atoms with E-state index >= 15 is 0 Å². The molecule has 1 aliphatic heterocycles. The van der Waals surface area contributed by atoms with Crippen molar-refractivity contribution in [3.63, 3.8) is 0 Å². The Kier molecular flexibility index (Phi) is 10.4. The Balaban J connectivity index is 0.00000441. The lowest BCUT2D eigenvalue weighted by Crippen LogP contribution is -2.30. The second kappa shape index (κ2) is 13.0. The van der Waals surface area contributed by atoms with Crippen LogP contribution in [0.5, 0.6) is 11.5 Å². The maximum Gasteiger partial charge on any atom is 0.399 e. The van der Waals surface area contributed by atoms with Gasteiger partial charge in [0.2, 0.25) is 5.95 Å². The van der Waals surface area contributed by atoms with E-state index < -0.39 is 18.6 Å². The molecular formula is C25H34ClFN6O4P2S. The van der Waals surface area contributed by atoms with Gasteiger partial charge in [0.05, 0.1) is 38.5 Å². The summed E-state index contributed by atoms with van der Waals surface area (Å²) in [6.45, 7) is 6.90. The van der Waals surface area contributed by atoms with E-state index in [2.05, 4.69) is 45.5 Å². The van der Waals surface area contributed by atoms with E-state index in [9.17, 15) is 12.3 Å². The van der Waals surface area contributed by atoms with E-state index in [-0.39, 0.29) is 32.6 Å². The molecule has 15 heteroatoms. The summed E-state index contributed by atoms with van der Waals surface area (Å²) >= 11 is 6.42. The van der Waals surface area contributed by atoms with E-state index in [1.54, 1.807) is 13.2 Å². The molecule has 2 heterocycles. The van der Waals surface area contributed by atoms with E-state index in [4.69, 9.17) is 20.9 Å². The Labute approximate surface area is 244 Å². The van der Waals surface area contributed by atoms with Crippen LogP contribution in [0.1, 0.15) is 24.1 Å². The molecule has 2 unspecified atom stereocenters. The van der Waals surface area contributed by atoms with Gasteiger partial charge >= 0.3 is 10.4 Å². The van der Waals surface area contributed by atoms with Crippen LogP contribution in [0.15, 0.2) is 36.5 Å². The zero-order valence-electron chi connectivity index (χ0n) is 23.2. The lowest BCUT2D eigenvalue weighted by molar-refractivity contribution is 0.247. The van der Waals surface area contributed by atoms with Crippen molar-refractivity contribution in [2.75, 3.05) is 56.0 Å². The highest BCUT2D eigenvalue weighted by Gasteiger charge is 2.24. The first kappa shape index (κ1) is 32.0. The topological polar surface area (TPSA) is 109 Å². The van der Waals surface area contributed by atoms with Crippen molar-refractivity contribution in [2.24, 2.45) is 0 Å². The summed E-state index contributed by atoms with van der Waals surface area (Å²) < 4.78 is 48.4. The third-order valence-corrected chi connectivity index (χ3v) is 8.19. The summed E-state index contributed by atoms with van der Waals surface area (Å²) in [5.74, 6) is 1.57. The van der Waals surface area contributed by atoms with Crippen molar-refractivity contribution in [2.45, 2.75) is 19.4 Å². The Morgan fingerprint density at radius 3 is 2.55 bits per heavy atom. The molecule has 1 aromatic heterocycles. The molecule has 2 atom stereocenters. The normalized spacial score (nSPS) is 15.2. The minimum absolute atomic E-state index is 0. The molecule has 2 N–H and O–H groups in total. The summed E-state index contributed by atoms with van der Waals surface area (Å²) in [6, 6.07) is 8.81. The molecule has 3 aromatic rings. The molecular weight excluding hydrogens is 597 g/mol. The molecule has 10 nitrogen and oxygen atoms in total. The number of rotatable bonds is 9. The fourth-order valence-electron chi connectivity index (χ4n) is 4.21. The van der Waals surface area contributed by atoms with Crippen LogP contribution in [0.2, 0.25) is 5.02 Å². The van der Waals surface area contributed by atoms with Crippen LogP contribution >= 0.6 is 29.6 Å². The van der Waals surface area contributed by atoms with Gasteiger partial charge in [-0.05, 0) is 69.1 Å². The molecule has 0 saturated carbocycles. The first-order chi connectivity index (χ1) is 18.4. The largest absolute Gasteiger partial charge is 0.495 e. The summed E-state index contributed by atoms with van der Waals surface area (Å²) in [7, 11) is -0.981. The van der Waals surface area contributed by atoms with Gasteiger partial charge in [0.25, 0.3) is 0 Å². The molecule has 0 bridgehead atoms. The number of methoxy groups -OCH3 is 1. The summed E-state index contributed by atoms with van der Waals surface area (Å²) in [5, 5.41) is 6.63. The smallest absolute Gasteiger partial charge is 0.399 e. The average molecular weight is 631 g/mol. The zero-order valence-corrected chi connectivity index (χ0v) is 27.1. The quantitative estimate of drug-likeness (QED) is 0.220. The summed E-state index contributed by atoms with van der Waals surface area (Å²) in [5.41, 5.74) is 3.74. The van der Waals surface area contributed by atoms with Crippen LogP contribution in [0, 0.1) is 0 Å². The van der Waals surface area contributed by atoms with Crippen molar-refractivity contribution in [1.29, 1.82) is 0 Å². The van der Waals surface area contributed by atoms with Crippen molar-refractivity contribution in [1.82, 2.24) is 14.9 Å². The van der Waals surface area contributed by atoms with E-state index in [1.165, 1.54) is 29.5 Å². The first-order valence-electron chi connectivity index (χ1n) is 12.0. The number of hydrogen-bond donors (Lipinski definition) is 2. The maximum atomic E-state index is 13.6. The van der Waals surface area contributed by atoms with Gasteiger partial charge in [0, 0.05) is 25.7 Å². The van der Waals surface area contributed by atoms with Crippen molar-refractivity contribution >= 4 is 68.9 Å². The SMILES string of the molecule is COc1cc2c(cc1Nc1ncc(Cl)c(Nc3ccc(N(C)S(=O)(=O)F)cc3OP(C)C)n1)C(C)N(C)CC2.P. The third kappa shape index (κ3) is 7.22. The molecule has 218 valence electrons. The third-order valence-electron chi connectivity index (χ3n) is 6.49. The molecule has 0 saturated heterocycles. The monoisotopic (exact) mass is 630 g/mol. The number of nitrogens with zero attached hydrogens (tertiary/aromatic N) is 4. The molecule has 1 aliphatic rings.